The van der Waals surface area contributed by atoms with E-state index in [1.807, 2.05) is 19.0 Å². The highest BCUT2D eigenvalue weighted by atomic mass is 32.2. The molecule has 0 unspecified atom stereocenters. The van der Waals surface area contributed by atoms with Crippen LogP contribution in [0.4, 0.5) is 0 Å². The van der Waals surface area contributed by atoms with Gasteiger partial charge >= 0.3 is 0 Å². The predicted molar refractivity (Wildman–Crippen MR) is 67.6 cm³/mol. The van der Waals surface area contributed by atoms with E-state index in [-0.39, 0.29) is 17.5 Å². The molecule has 1 rings (SSSR count). The first-order chi connectivity index (χ1) is 8.37. The summed E-state index contributed by atoms with van der Waals surface area (Å²) in [4.78, 5) is 2.00. The molecule has 1 heterocycles. The number of hydrogen-bond acceptors (Lipinski definition) is 5. The van der Waals surface area contributed by atoms with Gasteiger partial charge < -0.3 is 14.4 Å². The number of nitrogens with zero attached hydrogens (tertiary/aromatic N) is 2. The highest BCUT2D eigenvalue weighted by Gasteiger charge is 2.24. The van der Waals surface area contributed by atoms with Gasteiger partial charge in [-0.3, -0.25) is 0 Å². The quantitative estimate of drug-likeness (QED) is 0.777. The summed E-state index contributed by atoms with van der Waals surface area (Å²) in [5, 5.41) is 8.72. The lowest BCUT2D eigenvalue weighted by atomic mass is 10.4. The van der Waals surface area contributed by atoms with Crippen LogP contribution in [-0.4, -0.2) is 57.0 Å². The van der Waals surface area contributed by atoms with Gasteiger partial charge in [-0.05, 0) is 39.2 Å². The molecule has 0 saturated heterocycles. The van der Waals surface area contributed by atoms with Crippen LogP contribution in [0.3, 0.4) is 0 Å². The number of rotatable bonds is 7. The van der Waals surface area contributed by atoms with Crippen molar-refractivity contribution in [1.29, 1.82) is 0 Å². The van der Waals surface area contributed by atoms with Gasteiger partial charge in [0.1, 0.15) is 12.4 Å². The molecule has 6 nitrogen and oxygen atoms in total. The SMILES string of the molecule is CN(C)CCCN(C)S(=O)(=O)c1ccc(CO)o1. The van der Waals surface area contributed by atoms with Crippen molar-refractivity contribution < 1.29 is 17.9 Å². The molecular formula is C11H20N2O4S. The standard InChI is InChI=1S/C11H20N2O4S/c1-12(2)7-4-8-13(3)18(15,16)11-6-5-10(9-14)17-11/h5-6,14H,4,7-9H2,1-3H3. The van der Waals surface area contributed by atoms with Crippen LogP contribution in [0.1, 0.15) is 12.2 Å². The van der Waals surface area contributed by atoms with E-state index in [2.05, 4.69) is 0 Å². The fourth-order valence-electron chi connectivity index (χ4n) is 1.47. The Labute approximate surface area is 108 Å². The first-order valence-electron chi connectivity index (χ1n) is 5.68. The van der Waals surface area contributed by atoms with Crippen molar-refractivity contribution >= 4 is 10.0 Å². The van der Waals surface area contributed by atoms with Gasteiger partial charge in [-0.1, -0.05) is 0 Å². The van der Waals surface area contributed by atoms with Gasteiger partial charge in [0, 0.05) is 13.6 Å². The molecule has 0 amide bonds. The Bertz CT molecular complexity index is 467. The minimum absolute atomic E-state index is 0.126. The van der Waals surface area contributed by atoms with Crippen molar-refractivity contribution in [3.05, 3.63) is 17.9 Å². The zero-order valence-electron chi connectivity index (χ0n) is 11.0. The van der Waals surface area contributed by atoms with Crippen LogP contribution in [0.2, 0.25) is 0 Å². The molecule has 0 spiro atoms. The number of furan rings is 1. The van der Waals surface area contributed by atoms with Gasteiger partial charge in [0.25, 0.3) is 10.0 Å². The molecule has 0 aliphatic carbocycles. The monoisotopic (exact) mass is 276 g/mol. The maximum absolute atomic E-state index is 12.1. The number of aliphatic hydroxyl groups excluding tert-OH is 1. The molecule has 0 atom stereocenters. The molecule has 0 bridgehead atoms. The smallest absolute Gasteiger partial charge is 0.276 e. The van der Waals surface area contributed by atoms with Gasteiger partial charge in [-0.25, -0.2) is 8.42 Å². The van der Waals surface area contributed by atoms with E-state index in [1.165, 1.54) is 23.5 Å². The van der Waals surface area contributed by atoms with Crippen molar-refractivity contribution in [1.82, 2.24) is 9.21 Å². The number of hydrogen-bond donors (Lipinski definition) is 1. The highest BCUT2D eigenvalue weighted by molar-refractivity contribution is 7.89. The summed E-state index contributed by atoms with van der Waals surface area (Å²) in [6.45, 7) is 0.940. The minimum Gasteiger partial charge on any atom is -0.446 e. The lowest BCUT2D eigenvalue weighted by molar-refractivity contribution is 0.235. The lowest BCUT2D eigenvalue weighted by Crippen LogP contribution is -2.29. The molecule has 0 aliphatic rings. The molecule has 0 fully saturated rings. The van der Waals surface area contributed by atoms with E-state index in [0.29, 0.717) is 6.54 Å². The first-order valence-corrected chi connectivity index (χ1v) is 7.12. The second kappa shape index (κ2) is 6.33. The summed E-state index contributed by atoms with van der Waals surface area (Å²) < 4.78 is 30.5. The second-order valence-electron chi connectivity index (χ2n) is 4.36. The van der Waals surface area contributed by atoms with Gasteiger partial charge in [0.15, 0.2) is 0 Å². The Morgan fingerprint density at radius 3 is 2.39 bits per heavy atom. The van der Waals surface area contributed by atoms with E-state index >= 15 is 0 Å². The molecule has 18 heavy (non-hydrogen) atoms. The van der Waals surface area contributed by atoms with Crippen molar-refractivity contribution in [2.75, 3.05) is 34.2 Å². The molecule has 1 N–H and O–H groups in total. The van der Waals surface area contributed by atoms with Crippen molar-refractivity contribution in [3.63, 3.8) is 0 Å². The van der Waals surface area contributed by atoms with Crippen LogP contribution >= 0.6 is 0 Å². The van der Waals surface area contributed by atoms with E-state index in [9.17, 15) is 8.42 Å². The van der Waals surface area contributed by atoms with Gasteiger partial charge in [-0.15, -0.1) is 0 Å². The maximum Gasteiger partial charge on any atom is 0.276 e. The summed E-state index contributed by atoms with van der Waals surface area (Å²) in [6.07, 6.45) is 0.746. The average molecular weight is 276 g/mol. The van der Waals surface area contributed by atoms with Crippen LogP contribution < -0.4 is 0 Å². The summed E-state index contributed by atoms with van der Waals surface area (Å²) in [7, 11) is 1.81. The third-order valence-electron chi connectivity index (χ3n) is 2.54. The second-order valence-corrected chi connectivity index (χ2v) is 6.34. The van der Waals surface area contributed by atoms with E-state index in [4.69, 9.17) is 9.52 Å². The number of sulfonamides is 1. The summed E-state index contributed by atoms with van der Waals surface area (Å²) in [5.41, 5.74) is 0. The van der Waals surface area contributed by atoms with E-state index in [0.717, 1.165) is 13.0 Å². The maximum atomic E-state index is 12.1. The fraction of sp³-hybridized carbons (Fsp3) is 0.636. The van der Waals surface area contributed by atoms with Crippen LogP contribution in [0.15, 0.2) is 21.6 Å². The third kappa shape index (κ3) is 3.81. The average Bonchev–Trinajstić information content (AvgIpc) is 2.77. The minimum atomic E-state index is -3.59. The topological polar surface area (TPSA) is 74.0 Å². The molecule has 0 radical (unpaired) electrons. The van der Waals surface area contributed by atoms with Crippen LogP contribution in [0.25, 0.3) is 0 Å². The Hall–Kier alpha value is -0.890. The molecular weight excluding hydrogens is 256 g/mol. The van der Waals surface area contributed by atoms with Crippen molar-refractivity contribution in [2.45, 2.75) is 18.1 Å². The first kappa shape index (κ1) is 15.2. The molecule has 7 heteroatoms. The van der Waals surface area contributed by atoms with Crippen LogP contribution in [-0.2, 0) is 16.6 Å². The largest absolute Gasteiger partial charge is 0.446 e. The lowest BCUT2D eigenvalue weighted by Gasteiger charge is -2.16. The molecule has 0 saturated carbocycles. The Morgan fingerprint density at radius 2 is 1.89 bits per heavy atom. The fourth-order valence-corrected chi connectivity index (χ4v) is 2.59. The van der Waals surface area contributed by atoms with Gasteiger partial charge in [0.05, 0.1) is 0 Å². The zero-order chi connectivity index (χ0) is 13.8. The molecule has 0 aromatic carbocycles. The summed E-state index contributed by atoms with van der Waals surface area (Å²) in [5.74, 6) is 0.246. The summed E-state index contributed by atoms with van der Waals surface area (Å²) >= 11 is 0. The van der Waals surface area contributed by atoms with Gasteiger partial charge in [0.2, 0.25) is 5.09 Å². The van der Waals surface area contributed by atoms with Crippen LogP contribution in [0, 0.1) is 0 Å². The van der Waals surface area contributed by atoms with E-state index in [1.54, 1.807) is 0 Å². The predicted octanol–water partition coefficient (Wildman–Crippen LogP) is 0.344. The zero-order valence-corrected chi connectivity index (χ0v) is 11.8. The number of aliphatic hydroxyl groups is 1. The Balaban J connectivity index is 2.67. The van der Waals surface area contributed by atoms with Crippen molar-refractivity contribution in [2.24, 2.45) is 0 Å². The molecule has 1 aromatic heterocycles. The Morgan fingerprint density at radius 1 is 1.22 bits per heavy atom. The third-order valence-corrected chi connectivity index (χ3v) is 4.27. The normalized spacial score (nSPS) is 12.6. The Kier molecular flexibility index (Phi) is 5.33. The van der Waals surface area contributed by atoms with E-state index < -0.39 is 10.0 Å². The van der Waals surface area contributed by atoms with Gasteiger partial charge in [-0.2, -0.15) is 4.31 Å². The molecule has 1 aromatic rings. The summed E-state index contributed by atoms with van der Waals surface area (Å²) in [6, 6.07) is 2.82. The molecule has 0 aliphatic heterocycles. The highest BCUT2D eigenvalue weighted by Crippen LogP contribution is 2.17. The van der Waals surface area contributed by atoms with Crippen molar-refractivity contribution in [3.8, 4) is 0 Å². The van der Waals surface area contributed by atoms with Crippen LogP contribution in [0.5, 0.6) is 0 Å². The molecule has 104 valence electrons.